The van der Waals surface area contributed by atoms with Gasteiger partial charge in [-0.05, 0) is 0 Å². The molecule has 0 aliphatic heterocycles. The van der Waals surface area contributed by atoms with Crippen LogP contribution in [0.3, 0.4) is 0 Å². The van der Waals surface area contributed by atoms with Crippen LogP contribution in [0.25, 0.3) is 0 Å². The maximum absolute atomic E-state index is 5.89. The zero-order valence-electron chi connectivity index (χ0n) is 4.75. The maximum atomic E-state index is 5.89. The van der Waals surface area contributed by atoms with Crippen LogP contribution in [0, 0.1) is 0 Å². The first kappa shape index (κ1) is 10.7. The Labute approximate surface area is 76.5 Å². The van der Waals surface area contributed by atoms with Crippen LogP contribution < -0.4 is 0 Å². The van der Waals surface area contributed by atoms with E-state index in [-0.39, 0.29) is 0 Å². The molecule has 0 atom stereocenters. The minimum absolute atomic E-state index is 0.546. The van der Waals surface area contributed by atoms with Gasteiger partial charge in [-0.2, -0.15) is 0 Å². The molecule has 0 saturated carbocycles. The van der Waals surface area contributed by atoms with Gasteiger partial charge in [0.05, 0.1) is 0 Å². The molecular formula is C4H8Cl4Se. The minimum atomic E-state index is -2.19. The van der Waals surface area contributed by atoms with Crippen LogP contribution in [0.4, 0.5) is 0 Å². The van der Waals surface area contributed by atoms with Gasteiger partial charge >= 0.3 is 76.8 Å². The number of hydrogen-bond donors (Lipinski definition) is 0. The fourth-order valence-corrected chi connectivity index (χ4v) is 7.69. The van der Waals surface area contributed by atoms with Crippen LogP contribution in [0.5, 0.6) is 0 Å². The second kappa shape index (κ2) is 5.35. The summed E-state index contributed by atoms with van der Waals surface area (Å²) >= 11 is 8.71. The predicted molar refractivity (Wildman–Crippen MR) is 48.5 cm³/mol. The molecule has 0 N–H and O–H groups in total. The summed E-state index contributed by atoms with van der Waals surface area (Å²) < 4.78 is 0. The normalized spacial score (nSPS) is 13.8. The third-order valence-electron chi connectivity index (χ3n) is 0.752. The number of hydrogen-bond acceptors (Lipinski definition) is 0. The van der Waals surface area contributed by atoms with Crippen LogP contribution in [0.15, 0.2) is 0 Å². The Bertz CT molecular complexity index is 67.0. The molecule has 0 aliphatic rings. The Morgan fingerprint density at radius 2 is 1.22 bits per heavy atom. The first-order chi connectivity index (χ1) is 4.12. The van der Waals surface area contributed by atoms with Crippen LogP contribution >= 0.6 is 43.4 Å². The molecule has 0 bridgehead atoms. The Balaban J connectivity index is 3.43. The molecule has 0 radical (unpaired) electrons. The Hall–Kier alpha value is 1.68. The zero-order valence-corrected chi connectivity index (χ0v) is 9.49. The van der Waals surface area contributed by atoms with Gasteiger partial charge in [0.2, 0.25) is 0 Å². The molecule has 0 unspecified atom stereocenters. The molecule has 0 aromatic heterocycles. The molecule has 0 aliphatic carbocycles. The summed E-state index contributed by atoms with van der Waals surface area (Å²) in [4.78, 5) is 0. The quantitative estimate of drug-likeness (QED) is 0.545. The van der Waals surface area contributed by atoms with Gasteiger partial charge < -0.3 is 0 Å². The third-order valence-corrected chi connectivity index (χ3v) is 8.72. The van der Waals surface area contributed by atoms with E-state index in [0.717, 1.165) is 10.6 Å². The van der Waals surface area contributed by atoms with Gasteiger partial charge in [0.1, 0.15) is 0 Å². The summed E-state index contributed by atoms with van der Waals surface area (Å²) in [6.45, 7) is 0. The van der Waals surface area contributed by atoms with E-state index in [1.54, 1.807) is 0 Å². The summed E-state index contributed by atoms with van der Waals surface area (Å²) in [6, 6.07) is 0. The van der Waals surface area contributed by atoms with Gasteiger partial charge in [0.25, 0.3) is 0 Å². The van der Waals surface area contributed by atoms with Gasteiger partial charge in [-0.3, -0.25) is 0 Å². The summed E-state index contributed by atoms with van der Waals surface area (Å²) in [5.41, 5.74) is 0. The van der Waals surface area contributed by atoms with Crippen molar-refractivity contribution >= 4 is 54.4 Å². The van der Waals surface area contributed by atoms with E-state index in [0.29, 0.717) is 11.8 Å². The van der Waals surface area contributed by atoms with Crippen molar-refractivity contribution in [2.24, 2.45) is 0 Å². The SMILES string of the molecule is ClCC[Se](Cl)(Cl)CCCl. The summed E-state index contributed by atoms with van der Waals surface area (Å²) in [5.74, 6) is 1.09. The van der Waals surface area contributed by atoms with Gasteiger partial charge in [-0.15, -0.1) is 0 Å². The van der Waals surface area contributed by atoms with Crippen molar-refractivity contribution in [3.8, 4) is 0 Å². The average Bonchev–Trinajstić information content (AvgIpc) is 1.64. The molecule has 0 fully saturated rings. The summed E-state index contributed by atoms with van der Waals surface area (Å²) in [5, 5.41) is 1.49. The standard InChI is InChI=1S/C4H8Cl4Se/c5-1-3-9(7,8)4-2-6/h1-4H2. The van der Waals surface area contributed by atoms with E-state index in [1.807, 2.05) is 0 Å². The Kier molecular flexibility index (Phi) is 6.34. The van der Waals surface area contributed by atoms with Crippen LogP contribution in [-0.4, -0.2) is 22.8 Å². The summed E-state index contributed by atoms with van der Waals surface area (Å²) in [6.07, 6.45) is 0. The van der Waals surface area contributed by atoms with Crippen LogP contribution in [0.2, 0.25) is 10.6 Å². The number of rotatable bonds is 4. The van der Waals surface area contributed by atoms with E-state index < -0.39 is 11.0 Å². The van der Waals surface area contributed by atoms with Crippen molar-refractivity contribution in [3.63, 3.8) is 0 Å². The second-order valence-electron chi connectivity index (χ2n) is 1.49. The van der Waals surface area contributed by atoms with E-state index in [1.165, 1.54) is 0 Å². The fraction of sp³-hybridized carbons (Fsp3) is 1.00. The molecule has 0 rings (SSSR count). The fourth-order valence-electron chi connectivity index (χ4n) is 0.328. The van der Waals surface area contributed by atoms with Crippen molar-refractivity contribution in [2.45, 2.75) is 10.6 Å². The molecule has 9 heavy (non-hydrogen) atoms. The van der Waals surface area contributed by atoms with E-state index in [4.69, 9.17) is 43.4 Å². The van der Waals surface area contributed by atoms with Crippen LogP contribution in [0.1, 0.15) is 0 Å². The second-order valence-corrected chi connectivity index (χ2v) is 13.8. The van der Waals surface area contributed by atoms with Gasteiger partial charge in [0, 0.05) is 0 Å². The molecule has 0 amide bonds. The Morgan fingerprint density at radius 1 is 0.889 bits per heavy atom. The van der Waals surface area contributed by atoms with E-state index >= 15 is 0 Å². The van der Waals surface area contributed by atoms with Crippen molar-refractivity contribution < 1.29 is 0 Å². The molecule has 58 valence electrons. The molecule has 0 aromatic rings. The van der Waals surface area contributed by atoms with Gasteiger partial charge in [-0.25, -0.2) is 0 Å². The molecule has 0 saturated heterocycles. The zero-order chi connectivity index (χ0) is 7.33. The Morgan fingerprint density at radius 3 is 1.44 bits per heavy atom. The van der Waals surface area contributed by atoms with Gasteiger partial charge in [-0.1, -0.05) is 0 Å². The predicted octanol–water partition coefficient (Wildman–Crippen LogP) is 3.38. The molecule has 0 nitrogen and oxygen atoms in total. The first-order valence-electron chi connectivity index (χ1n) is 2.42. The van der Waals surface area contributed by atoms with Crippen molar-refractivity contribution in [1.82, 2.24) is 0 Å². The third kappa shape index (κ3) is 6.09. The number of alkyl halides is 2. The van der Waals surface area contributed by atoms with E-state index in [9.17, 15) is 0 Å². The van der Waals surface area contributed by atoms with Crippen LogP contribution in [-0.2, 0) is 0 Å². The summed E-state index contributed by atoms with van der Waals surface area (Å²) in [7, 11) is 11.8. The molecule has 0 aromatic carbocycles. The number of halogens is 4. The van der Waals surface area contributed by atoms with E-state index in [2.05, 4.69) is 0 Å². The molecular weight excluding hydrogens is 269 g/mol. The average molecular weight is 277 g/mol. The van der Waals surface area contributed by atoms with Crippen molar-refractivity contribution in [2.75, 3.05) is 11.8 Å². The molecule has 0 heterocycles. The molecule has 0 spiro atoms. The monoisotopic (exact) mass is 276 g/mol. The molecule has 5 heteroatoms. The van der Waals surface area contributed by atoms with Crippen molar-refractivity contribution in [3.05, 3.63) is 0 Å². The topological polar surface area (TPSA) is 0 Å². The van der Waals surface area contributed by atoms with Gasteiger partial charge in [0.15, 0.2) is 0 Å². The first-order valence-corrected chi connectivity index (χ1v) is 10.4. The van der Waals surface area contributed by atoms with Crippen molar-refractivity contribution in [1.29, 1.82) is 0 Å².